The number of rotatable bonds is 3. The number of nitriles is 1. The molecule has 0 radical (unpaired) electrons. The van der Waals surface area contributed by atoms with Crippen molar-refractivity contribution in [1.82, 2.24) is 0 Å². The number of nitro benzene ring substituents is 1. The van der Waals surface area contributed by atoms with Gasteiger partial charge in [-0.3, -0.25) is 10.1 Å². The fourth-order valence-electron chi connectivity index (χ4n) is 1.85. The van der Waals surface area contributed by atoms with Crippen molar-refractivity contribution in [3.05, 3.63) is 57.1 Å². The average molecular weight is 295 g/mol. The topological polar surface area (TPSA) is 118 Å². The Balaban J connectivity index is 2.41. The first kappa shape index (κ1) is 15.1. The minimum atomic E-state index is -0.560. The van der Waals surface area contributed by atoms with E-state index in [1.807, 2.05) is 19.9 Å². The molecule has 7 heteroatoms. The summed E-state index contributed by atoms with van der Waals surface area (Å²) in [5.74, 6) is 0. The van der Waals surface area contributed by atoms with Crippen LogP contribution in [-0.2, 0) is 0 Å². The van der Waals surface area contributed by atoms with Crippen LogP contribution >= 0.6 is 0 Å². The van der Waals surface area contributed by atoms with E-state index in [9.17, 15) is 10.1 Å². The Morgan fingerprint density at radius 3 is 2.45 bits per heavy atom. The summed E-state index contributed by atoms with van der Waals surface area (Å²) in [5, 5.41) is 27.9. The summed E-state index contributed by atoms with van der Waals surface area (Å²) < 4.78 is 0. The van der Waals surface area contributed by atoms with Crippen molar-refractivity contribution in [3.63, 3.8) is 0 Å². The Kier molecular flexibility index (Phi) is 4.13. The Hall–Kier alpha value is -3.27. The molecule has 2 aromatic carbocycles. The molecule has 0 unspecified atom stereocenters. The van der Waals surface area contributed by atoms with Crippen LogP contribution in [0.5, 0.6) is 0 Å². The van der Waals surface area contributed by atoms with Crippen LogP contribution < -0.4 is 5.73 Å². The number of nitrogens with two attached hydrogens (primary N) is 1. The van der Waals surface area contributed by atoms with Crippen LogP contribution in [0.15, 0.2) is 40.6 Å². The molecule has 0 amide bonds. The number of azo groups is 1. The summed E-state index contributed by atoms with van der Waals surface area (Å²) in [4.78, 5) is 10.1. The van der Waals surface area contributed by atoms with Crippen LogP contribution in [0.1, 0.15) is 16.7 Å². The molecule has 0 saturated carbocycles. The van der Waals surface area contributed by atoms with E-state index in [2.05, 4.69) is 10.2 Å². The fraction of sp³-hybridized carbons (Fsp3) is 0.133. The number of nitrogens with zero attached hydrogens (tertiary/aromatic N) is 4. The van der Waals surface area contributed by atoms with E-state index in [4.69, 9.17) is 11.0 Å². The Morgan fingerprint density at radius 2 is 1.82 bits per heavy atom. The maximum atomic E-state index is 10.7. The summed E-state index contributed by atoms with van der Waals surface area (Å²) in [6.45, 7) is 3.71. The van der Waals surface area contributed by atoms with Gasteiger partial charge in [0.2, 0.25) is 0 Å². The van der Waals surface area contributed by atoms with Crippen LogP contribution in [0.4, 0.5) is 22.7 Å². The number of hydrogen-bond acceptors (Lipinski definition) is 6. The molecule has 0 aliphatic rings. The van der Waals surface area contributed by atoms with Crippen molar-refractivity contribution in [1.29, 1.82) is 5.26 Å². The monoisotopic (exact) mass is 295 g/mol. The van der Waals surface area contributed by atoms with E-state index in [0.717, 1.165) is 11.1 Å². The highest BCUT2D eigenvalue weighted by molar-refractivity contribution is 5.60. The van der Waals surface area contributed by atoms with Gasteiger partial charge in [0.15, 0.2) is 0 Å². The van der Waals surface area contributed by atoms with Gasteiger partial charge in [-0.1, -0.05) is 0 Å². The molecule has 0 spiro atoms. The van der Waals surface area contributed by atoms with E-state index >= 15 is 0 Å². The lowest BCUT2D eigenvalue weighted by atomic mass is 10.1. The first-order chi connectivity index (χ1) is 10.4. The van der Waals surface area contributed by atoms with Gasteiger partial charge >= 0.3 is 0 Å². The predicted octanol–water partition coefficient (Wildman–Crippen LogP) is 4.08. The predicted molar refractivity (Wildman–Crippen MR) is 82.3 cm³/mol. The lowest BCUT2D eigenvalue weighted by Crippen LogP contribution is -1.90. The molecule has 0 saturated heterocycles. The molecular weight excluding hydrogens is 282 g/mol. The van der Waals surface area contributed by atoms with Crippen molar-refractivity contribution in [3.8, 4) is 6.07 Å². The highest BCUT2D eigenvalue weighted by Gasteiger charge is 2.10. The van der Waals surface area contributed by atoms with Gasteiger partial charge in [0.05, 0.1) is 16.2 Å². The van der Waals surface area contributed by atoms with Gasteiger partial charge in [0.25, 0.3) is 5.69 Å². The Morgan fingerprint density at radius 1 is 1.14 bits per heavy atom. The number of non-ortho nitro benzene ring substituents is 1. The van der Waals surface area contributed by atoms with Crippen LogP contribution in [-0.4, -0.2) is 4.92 Å². The Bertz CT molecular complexity index is 821. The van der Waals surface area contributed by atoms with Gasteiger partial charge in [-0.2, -0.15) is 10.4 Å². The molecule has 0 heterocycles. The van der Waals surface area contributed by atoms with Crippen LogP contribution in [0, 0.1) is 35.3 Å². The molecule has 7 nitrogen and oxygen atoms in total. The molecule has 2 aromatic rings. The molecule has 0 aliphatic heterocycles. The summed E-state index contributed by atoms with van der Waals surface area (Å²) in [5.41, 5.74) is 9.07. The highest BCUT2D eigenvalue weighted by atomic mass is 16.6. The van der Waals surface area contributed by atoms with Crippen LogP contribution in [0.3, 0.4) is 0 Å². The zero-order valence-corrected chi connectivity index (χ0v) is 12.1. The number of hydrogen-bond donors (Lipinski definition) is 1. The summed E-state index contributed by atoms with van der Waals surface area (Å²) in [6, 6.07) is 9.34. The molecule has 110 valence electrons. The van der Waals surface area contributed by atoms with Gasteiger partial charge in [-0.25, -0.2) is 0 Å². The largest absolute Gasteiger partial charge is 0.399 e. The van der Waals surface area contributed by atoms with Gasteiger partial charge < -0.3 is 5.73 Å². The maximum Gasteiger partial charge on any atom is 0.270 e. The third kappa shape index (κ3) is 3.07. The zero-order chi connectivity index (χ0) is 16.3. The van der Waals surface area contributed by atoms with Crippen LogP contribution in [0.25, 0.3) is 0 Å². The average Bonchev–Trinajstić information content (AvgIpc) is 2.49. The van der Waals surface area contributed by atoms with Gasteiger partial charge in [0.1, 0.15) is 11.8 Å². The summed E-state index contributed by atoms with van der Waals surface area (Å²) >= 11 is 0. The minimum Gasteiger partial charge on any atom is -0.399 e. The molecule has 2 N–H and O–H groups in total. The normalized spacial score (nSPS) is 10.6. The first-order valence-corrected chi connectivity index (χ1v) is 6.39. The van der Waals surface area contributed by atoms with Crippen molar-refractivity contribution >= 4 is 22.7 Å². The third-order valence-corrected chi connectivity index (χ3v) is 3.16. The van der Waals surface area contributed by atoms with Crippen molar-refractivity contribution in [2.75, 3.05) is 5.73 Å². The highest BCUT2D eigenvalue weighted by Crippen LogP contribution is 2.29. The smallest absolute Gasteiger partial charge is 0.270 e. The van der Waals surface area contributed by atoms with Crippen molar-refractivity contribution < 1.29 is 4.92 Å². The second kappa shape index (κ2) is 6.01. The summed E-state index contributed by atoms with van der Waals surface area (Å²) in [6.07, 6.45) is 0. The van der Waals surface area contributed by atoms with E-state index in [1.54, 1.807) is 12.1 Å². The second-order valence-electron chi connectivity index (χ2n) is 4.77. The van der Waals surface area contributed by atoms with Gasteiger partial charge in [0, 0.05) is 17.8 Å². The molecule has 0 bridgehead atoms. The minimum absolute atomic E-state index is 0.0998. The first-order valence-electron chi connectivity index (χ1n) is 6.39. The van der Waals surface area contributed by atoms with Gasteiger partial charge in [-0.15, -0.1) is 5.11 Å². The van der Waals surface area contributed by atoms with E-state index in [-0.39, 0.29) is 16.9 Å². The maximum absolute atomic E-state index is 10.7. The molecule has 0 fully saturated rings. The molecule has 0 aromatic heterocycles. The standard InChI is InChI=1S/C15H13N5O2/c1-9-6-15(10(2)5-13(9)17)19-18-14-4-3-12(20(21)22)7-11(14)8-16/h3-7H,17H2,1-2H3. The number of nitrogen functional groups attached to an aromatic ring is 1. The molecular formula is C15H13N5O2. The van der Waals surface area contributed by atoms with E-state index < -0.39 is 4.92 Å². The third-order valence-electron chi connectivity index (χ3n) is 3.16. The molecule has 0 aliphatic carbocycles. The van der Waals surface area contributed by atoms with Crippen LogP contribution in [0.2, 0.25) is 0 Å². The van der Waals surface area contributed by atoms with Crippen molar-refractivity contribution in [2.24, 2.45) is 10.2 Å². The number of benzene rings is 2. The molecule has 0 atom stereocenters. The second-order valence-corrected chi connectivity index (χ2v) is 4.77. The number of aryl methyl sites for hydroxylation is 2. The summed E-state index contributed by atoms with van der Waals surface area (Å²) in [7, 11) is 0. The van der Waals surface area contributed by atoms with E-state index in [1.165, 1.54) is 18.2 Å². The number of anilines is 1. The molecule has 2 rings (SSSR count). The zero-order valence-electron chi connectivity index (χ0n) is 12.1. The van der Waals surface area contributed by atoms with Gasteiger partial charge in [-0.05, 0) is 43.2 Å². The van der Waals surface area contributed by atoms with Crippen molar-refractivity contribution in [2.45, 2.75) is 13.8 Å². The molecule has 22 heavy (non-hydrogen) atoms. The lowest BCUT2D eigenvalue weighted by Gasteiger charge is -2.04. The lowest BCUT2D eigenvalue weighted by molar-refractivity contribution is -0.384. The Labute approximate surface area is 126 Å². The fourth-order valence-corrected chi connectivity index (χ4v) is 1.85. The SMILES string of the molecule is Cc1cc(N=Nc2ccc([N+](=O)[O-])cc2C#N)c(C)cc1N. The quantitative estimate of drug-likeness (QED) is 0.397. The number of nitro groups is 1. The van der Waals surface area contributed by atoms with E-state index in [0.29, 0.717) is 11.4 Å².